The number of thiazole rings is 1. The van der Waals surface area contributed by atoms with E-state index in [4.69, 9.17) is 5.73 Å². The molecule has 7 heteroatoms. The zero-order chi connectivity index (χ0) is 15.8. The van der Waals surface area contributed by atoms with Crippen molar-refractivity contribution >= 4 is 34.1 Å². The number of fused-ring (bicyclic) bond motifs is 1. The molecule has 1 aliphatic carbocycles. The Kier molecular flexibility index (Phi) is 3.49. The van der Waals surface area contributed by atoms with Crippen molar-refractivity contribution < 1.29 is 4.79 Å². The van der Waals surface area contributed by atoms with Crippen LogP contribution < -0.4 is 11.1 Å². The van der Waals surface area contributed by atoms with E-state index in [1.54, 1.807) is 5.38 Å². The minimum Gasteiger partial charge on any atom is -0.367 e. The van der Waals surface area contributed by atoms with Crippen LogP contribution in [0.4, 0.5) is 5.82 Å². The second-order valence-corrected chi connectivity index (χ2v) is 6.68. The van der Waals surface area contributed by atoms with Crippen LogP contribution in [0.15, 0.2) is 23.7 Å². The standard InChI is InChI=1S/C16H17N5OS/c17-14(22)12-8-23-16(20-12)11-7-13(19-9-3-1-2-4-9)21-15-10(11)5-6-18-15/h5-9H,1-4H2,(H2,17,22)(H2,18,19,21). The Morgan fingerprint density at radius 2 is 2.17 bits per heavy atom. The van der Waals surface area contributed by atoms with E-state index in [9.17, 15) is 4.79 Å². The summed E-state index contributed by atoms with van der Waals surface area (Å²) < 4.78 is 0. The van der Waals surface area contributed by atoms with Crippen molar-refractivity contribution in [2.75, 3.05) is 5.32 Å². The Bertz CT molecular complexity index is 862. The smallest absolute Gasteiger partial charge is 0.268 e. The number of rotatable bonds is 4. The summed E-state index contributed by atoms with van der Waals surface area (Å²) in [4.78, 5) is 23.5. The predicted molar refractivity (Wildman–Crippen MR) is 91.6 cm³/mol. The van der Waals surface area contributed by atoms with Crippen molar-refractivity contribution in [2.45, 2.75) is 31.7 Å². The highest BCUT2D eigenvalue weighted by molar-refractivity contribution is 7.13. The van der Waals surface area contributed by atoms with E-state index in [0.29, 0.717) is 11.7 Å². The van der Waals surface area contributed by atoms with Gasteiger partial charge in [0.05, 0.1) is 0 Å². The van der Waals surface area contributed by atoms with Crippen molar-refractivity contribution in [3.05, 3.63) is 29.4 Å². The average molecular weight is 327 g/mol. The van der Waals surface area contributed by atoms with Gasteiger partial charge < -0.3 is 16.0 Å². The summed E-state index contributed by atoms with van der Waals surface area (Å²) in [6.45, 7) is 0. The second-order valence-electron chi connectivity index (χ2n) is 5.82. The number of anilines is 1. The van der Waals surface area contributed by atoms with Crippen molar-refractivity contribution in [3.8, 4) is 10.6 Å². The van der Waals surface area contributed by atoms with Crippen LogP contribution in [0, 0.1) is 0 Å². The van der Waals surface area contributed by atoms with Crippen LogP contribution in [0.3, 0.4) is 0 Å². The highest BCUT2D eigenvalue weighted by Crippen LogP contribution is 2.33. The van der Waals surface area contributed by atoms with E-state index in [1.165, 1.54) is 37.0 Å². The molecule has 0 radical (unpaired) electrons. The van der Waals surface area contributed by atoms with Gasteiger partial charge in [0.15, 0.2) is 0 Å². The molecule has 23 heavy (non-hydrogen) atoms. The van der Waals surface area contributed by atoms with Crippen LogP contribution in [-0.2, 0) is 0 Å². The number of aromatic amines is 1. The first-order valence-electron chi connectivity index (χ1n) is 7.71. The lowest BCUT2D eigenvalue weighted by Crippen LogP contribution is -2.15. The number of primary amides is 1. The number of carbonyl (C=O) groups is 1. The van der Waals surface area contributed by atoms with Gasteiger partial charge >= 0.3 is 0 Å². The summed E-state index contributed by atoms with van der Waals surface area (Å²) in [5, 5.41) is 6.98. The highest BCUT2D eigenvalue weighted by Gasteiger charge is 2.18. The van der Waals surface area contributed by atoms with Gasteiger partial charge in [0, 0.05) is 28.6 Å². The van der Waals surface area contributed by atoms with Crippen molar-refractivity contribution in [1.82, 2.24) is 15.0 Å². The van der Waals surface area contributed by atoms with Gasteiger partial charge in [-0.1, -0.05) is 12.8 Å². The molecule has 1 saturated carbocycles. The Hall–Kier alpha value is -2.41. The van der Waals surface area contributed by atoms with Gasteiger partial charge in [0.25, 0.3) is 5.91 Å². The van der Waals surface area contributed by atoms with Crippen molar-refractivity contribution in [3.63, 3.8) is 0 Å². The fraction of sp³-hybridized carbons (Fsp3) is 0.312. The zero-order valence-electron chi connectivity index (χ0n) is 12.5. The molecule has 3 heterocycles. The molecule has 4 N–H and O–H groups in total. The Labute approximate surface area is 137 Å². The molecular weight excluding hydrogens is 310 g/mol. The third-order valence-electron chi connectivity index (χ3n) is 4.22. The van der Waals surface area contributed by atoms with Crippen LogP contribution >= 0.6 is 11.3 Å². The second kappa shape index (κ2) is 5.66. The molecule has 3 aromatic heterocycles. The Morgan fingerprint density at radius 3 is 2.91 bits per heavy atom. The van der Waals surface area contributed by atoms with Crippen LogP contribution in [0.1, 0.15) is 36.2 Å². The lowest BCUT2D eigenvalue weighted by atomic mass is 10.1. The molecule has 118 valence electrons. The SMILES string of the molecule is NC(=O)c1csc(-c2cc(NC3CCCC3)nc3[nH]ccc23)n1. The van der Waals surface area contributed by atoms with Gasteiger partial charge in [-0.15, -0.1) is 11.3 Å². The number of carbonyl (C=O) groups excluding carboxylic acids is 1. The molecule has 1 aliphatic rings. The molecule has 6 nitrogen and oxygen atoms in total. The fourth-order valence-electron chi connectivity index (χ4n) is 3.08. The normalized spacial score (nSPS) is 15.3. The molecule has 0 unspecified atom stereocenters. The van der Waals surface area contributed by atoms with Gasteiger partial charge in [-0.05, 0) is 25.0 Å². The van der Waals surface area contributed by atoms with Crippen LogP contribution in [0.2, 0.25) is 0 Å². The molecule has 4 rings (SSSR count). The first-order valence-corrected chi connectivity index (χ1v) is 8.59. The third kappa shape index (κ3) is 2.68. The van der Waals surface area contributed by atoms with Gasteiger partial charge in [-0.3, -0.25) is 4.79 Å². The maximum absolute atomic E-state index is 11.3. The highest BCUT2D eigenvalue weighted by atomic mass is 32.1. The number of hydrogen-bond acceptors (Lipinski definition) is 5. The maximum Gasteiger partial charge on any atom is 0.268 e. The molecule has 0 aromatic carbocycles. The molecular formula is C16H17N5OS. The molecule has 0 spiro atoms. The van der Waals surface area contributed by atoms with Crippen molar-refractivity contribution in [1.29, 1.82) is 0 Å². The Balaban J connectivity index is 1.76. The number of nitrogens with zero attached hydrogens (tertiary/aromatic N) is 2. The number of amides is 1. The number of aromatic nitrogens is 3. The fourth-order valence-corrected chi connectivity index (χ4v) is 3.92. The number of pyridine rings is 1. The lowest BCUT2D eigenvalue weighted by Gasteiger charge is -2.13. The number of nitrogens with two attached hydrogens (primary N) is 1. The molecule has 3 aromatic rings. The van der Waals surface area contributed by atoms with E-state index < -0.39 is 5.91 Å². The summed E-state index contributed by atoms with van der Waals surface area (Å²) in [6.07, 6.45) is 6.77. The lowest BCUT2D eigenvalue weighted by molar-refractivity contribution is 0.0996. The van der Waals surface area contributed by atoms with E-state index >= 15 is 0 Å². The van der Waals surface area contributed by atoms with Crippen LogP contribution in [0.5, 0.6) is 0 Å². The van der Waals surface area contributed by atoms with Gasteiger partial charge in [0.1, 0.15) is 22.2 Å². The zero-order valence-corrected chi connectivity index (χ0v) is 13.3. The first-order chi connectivity index (χ1) is 11.2. The third-order valence-corrected chi connectivity index (χ3v) is 5.10. The van der Waals surface area contributed by atoms with E-state index in [1.807, 2.05) is 18.3 Å². The number of nitrogens with one attached hydrogen (secondary N) is 2. The molecule has 0 atom stereocenters. The summed E-state index contributed by atoms with van der Waals surface area (Å²) in [5.74, 6) is 0.342. The topological polar surface area (TPSA) is 96.7 Å². The van der Waals surface area contributed by atoms with Gasteiger partial charge in [0.2, 0.25) is 0 Å². The molecule has 0 saturated heterocycles. The quantitative estimate of drug-likeness (QED) is 0.686. The monoisotopic (exact) mass is 327 g/mol. The molecule has 0 bridgehead atoms. The summed E-state index contributed by atoms with van der Waals surface area (Å²) >= 11 is 1.42. The number of H-pyrrole nitrogens is 1. The molecule has 1 fully saturated rings. The summed E-state index contributed by atoms with van der Waals surface area (Å²) in [5.41, 5.74) is 7.40. The Morgan fingerprint density at radius 1 is 1.35 bits per heavy atom. The minimum absolute atomic E-state index is 0.302. The average Bonchev–Trinajstić information content (AvgIpc) is 3.27. The van der Waals surface area contributed by atoms with E-state index in [0.717, 1.165) is 27.4 Å². The van der Waals surface area contributed by atoms with Crippen LogP contribution in [0.25, 0.3) is 21.6 Å². The van der Waals surface area contributed by atoms with Gasteiger partial charge in [-0.25, -0.2) is 9.97 Å². The first kappa shape index (κ1) is 14.2. The number of hydrogen-bond donors (Lipinski definition) is 3. The van der Waals surface area contributed by atoms with E-state index in [2.05, 4.69) is 20.3 Å². The minimum atomic E-state index is -0.504. The van der Waals surface area contributed by atoms with Gasteiger partial charge in [-0.2, -0.15) is 0 Å². The van der Waals surface area contributed by atoms with Crippen molar-refractivity contribution in [2.24, 2.45) is 5.73 Å². The summed E-state index contributed by atoms with van der Waals surface area (Å²) in [7, 11) is 0. The van der Waals surface area contributed by atoms with Crippen LogP contribution in [-0.4, -0.2) is 26.9 Å². The maximum atomic E-state index is 11.3. The summed E-state index contributed by atoms with van der Waals surface area (Å²) in [6, 6.07) is 4.47. The van der Waals surface area contributed by atoms with E-state index in [-0.39, 0.29) is 0 Å². The predicted octanol–water partition coefficient (Wildman–Crippen LogP) is 3.14. The largest absolute Gasteiger partial charge is 0.367 e. The molecule has 0 aliphatic heterocycles. The molecule has 1 amide bonds.